The van der Waals surface area contributed by atoms with Gasteiger partial charge in [0.25, 0.3) is 0 Å². The van der Waals surface area contributed by atoms with Crippen LogP contribution in [0, 0.1) is 0 Å². The highest BCUT2D eigenvalue weighted by molar-refractivity contribution is 6.35. The number of hydrogen-bond donors (Lipinski definition) is 2. The number of aromatic hydroxyl groups is 1. The molecule has 2 amide bonds. The van der Waals surface area contributed by atoms with E-state index in [0.29, 0.717) is 30.0 Å². The Morgan fingerprint density at radius 2 is 1.96 bits per heavy atom. The number of rotatable bonds is 2. The lowest BCUT2D eigenvalue weighted by molar-refractivity contribution is -0.153. The van der Waals surface area contributed by atoms with Crippen LogP contribution in [0.1, 0.15) is 11.5 Å². The molecular weight excluding hydrogens is 346 g/mol. The van der Waals surface area contributed by atoms with Gasteiger partial charge in [0.1, 0.15) is 5.75 Å². The van der Waals surface area contributed by atoms with Crippen LogP contribution in [-0.2, 0) is 9.59 Å². The standard InChI is InChI=1S/C19H19N5O3/c1-23(2)18(26)19(27)24-9-11(10-24)14-8-20-17-13(14)7-15(21-22-17)12-5-3-4-6-16(12)25/h3-8,11,25H,9-10H2,1-2H3,(H,20,22). The Bertz CT molecular complexity index is 1040. The molecule has 4 rings (SSSR count). The Kier molecular flexibility index (Phi) is 4.02. The van der Waals surface area contributed by atoms with Crippen LogP contribution in [0.15, 0.2) is 36.5 Å². The van der Waals surface area contributed by atoms with Crippen LogP contribution in [0.3, 0.4) is 0 Å². The van der Waals surface area contributed by atoms with Crippen molar-refractivity contribution >= 4 is 22.8 Å². The van der Waals surface area contributed by atoms with Gasteiger partial charge in [-0.1, -0.05) is 12.1 Å². The van der Waals surface area contributed by atoms with Crippen molar-refractivity contribution in [1.29, 1.82) is 0 Å². The van der Waals surface area contributed by atoms with E-state index in [-0.39, 0.29) is 11.7 Å². The molecule has 3 heterocycles. The monoisotopic (exact) mass is 365 g/mol. The minimum atomic E-state index is -0.514. The summed E-state index contributed by atoms with van der Waals surface area (Å²) in [5, 5.41) is 19.4. The second-order valence-corrected chi connectivity index (χ2v) is 6.86. The first kappa shape index (κ1) is 17.0. The van der Waals surface area contributed by atoms with Crippen LogP contribution in [-0.4, -0.2) is 69.1 Å². The molecule has 1 fully saturated rings. The van der Waals surface area contributed by atoms with Gasteiger partial charge in [-0.2, -0.15) is 0 Å². The van der Waals surface area contributed by atoms with E-state index >= 15 is 0 Å². The maximum Gasteiger partial charge on any atom is 0.312 e. The highest BCUT2D eigenvalue weighted by Gasteiger charge is 2.36. The molecule has 2 aromatic heterocycles. The summed E-state index contributed by atoms with van der Waals surface area (Å²) in [5.41, 5.74) is 2.87. The number of likely N-dealkylation sites (N-methyl/N-ethyl adjacent to an activating group) is 1. The maximum atomic E-state index is 12.1. The highest BCUT2D eigenvalue weighted by atomic mass is 16.3. The van der Waals surface area contributed by atoms with Crippen molar-refractivity contribution < 1.29 is 14.7 Å². The largest absolute Gasteiger partial charge is 0.507 e. The molecule has 3 aromatic rings. The van der Waals surface area contributed by atoms with Crippen LogP contribution >= 0.6 is 0 Å². The highest BCUT2D eigenvalue weighted by Crippen LogP contribution is 2.34. The van der Waals surface area contributed by atoms with Crippen LogP contribution < -0.4 is 0 Å². The van der Waals surface area contributed by atoms with Crippen molar-refractivity contribution in [3.05, 3.63) is 42.1 Å². The van der Waals surface area contributed by atoms with Gasteiger partial charge in [-0.05, 0) is 23.8 Å². The summed E-state index contributed by atoms with van der Waals surface area (Å²) < 4.78 is 0. The van der Waals surface area contributed by atoms with Gasteiger partial charge < -0.3 is 19.9 Å². The number of hydrogen-bond acceptors (Lipinski definition) is 5. The Balaban J connectivity index is 1.59. The topological polar surface area (TPSA) is 102 Å². The Morgan fingerprint density at radius 3 is 2.67 bits per heavy atom. The number of nitrogens with zero attached hydrogens (tertiary/aromatic N) is 4. The summed E-state index contributed by atoms with van der Waals surface area (Å²) in [6.45, 7) is 0.971. The minimum Gasteiger partial charge on any atom is -0.507 e. The number of carbonyl (C=O) groups is 2. The number of phenols is 1. The van der Waals surface area contributed by atoms with E-state index < -0.39 is 11.8 Å². The third-order valence-electron chi connectivity index (χ3n) is 4.85. The zero-order valence-corrected chi connectivity index (χ0v) is 15.0. The number of fused-ring (bicyclic) bond motifs is 1. The SMILES string of the molecule is CN(C)C(=O)C(=O)N1CC(c2c[nH]c3nnc(-c4ccccc4O)cc23)C1. The van der Waals surface area contributed by atoms with E-state index in [4.69, 9.17) is 0 Å². The van der Waals surface area contributed by atoms with E-state index in [2.05, 4.69) is 15.2 Å². The predicted molar refractivity (Wildman–Crippen MR) is 99.0 cm³/mol. The molecular formula is C19H19N5O3. The first-order valence-corrected chi connectivity index (χ1v) is 8.59. The van der Waals surface area contributed by atoms with E-state index in [1.807, 2.05) is 18.3 Å². The number of aromatic nitrogens is 3. The average molecular weight is 365 g/mol. The second-order valence-electron chi connectivity index (χ2n) is 6.86. The van der Waals surface area contributed by atoms with E-state index in [1.165, 1.54) is 4.90 Å². The molecule has 0 bridgehead atoms. The molecule has 8 heteroatoms. The quantitative estimate of drug-likeness (QED) is 0.667. The lowest BCUT2D eigenvalue weighted by Crippen LogP contribution is -2.53. The zero-order valence-electron chi connectivity index (χ0n) is 15.0. The molecule has 2 N–H and O–H groups in total. The fraction of sp³-hybridized carbons (Fsp3) is 0.263. The van der Waals surface area contributed by atoms with Gasteiger partial charge in [0, 0.05) is 50.2 Å². The second kappa shape index (κ2) is 6.39. The summed E-state index contributed by atoms with van der Waals surface area (Å²) in [6, 6.07) is 8.86. The summed E-state index contributed by atoms with van der Waals surface area (Å²) in [6.07, 6.45) is 1.87. The maximum absolute atomic E-state index is 12.1. The lowest BCUT2D eigenvalue weighted by Gasteiger charge is -2.39. The number of nitrogens with one attached hydrogen (secondary N) is 1. The van der Waals surface area contributed by atoms with Gasteiger partial charge in [0.15, 0.2) is 5.65 Å². The number of phenolic OH excluding ortho intramolecular Hbond substituents is 1. The molecule has 1 aromatic carbocycles. The molecule has 1 aliphatic rings. The number of para-hydroxylation sites is 1. The Labute approximate surface area is 155 Å². The molecule has 0 unspecified atom stereocenters. The van der Waals surface area contributed by atoms with E-state index in [1.54, 1.807) is 37.2 Å². The predicted octanol–water partition coefficient (Wildman–Crippen LogP) is 1.34. The summed E-state index contributed by atoms with van der Waals surface area (Å²) in [7, 11) is 3.13. The van der Waals surface area contributed by atoms with Crippen molar-refractivity contribution in [3.63, 3.8) is 0 Å². The zero-order chi connectivity index (χ0) is 19.1. The molecule has 138 valence electrons. The fourth-order valence-corrected chi connectivity index (χ4v) is 3.27. The Hall–Kier alpha value is -3.42. The van der Waals surface area contributed by atoms with Gasteiger partial charge in [0.05, 0.1) is 5.69 Å². The molecule has 1 aliphatic heterocycles. The van der Waals surface area contributed by atoms with Crippen molar-refractivity contribution in [3.8, 4) is 17.0 Å². The third kappa shape index (κ3) is 2.88. The van der Waals surface area contributed by atoms with Gasteiger partial charge in [-0.15, -0.1) is 10.2 Å². The first-order chi connectivity index (χ1) is 13.0. The number of carbonyl (C=O) groups excluding carboxylic acids is 2. The molecule has 0 aliphatic carbocycles. The van der Waals surface area contributed by atoms with Crippen LogP contribution in [0.4, 0.5) is 0 Å². The van der Waals surface area contributed by atoms with Gasteiger partial charge in [-0.25, -0.2) is 0 Å². The van der Waals surface area contributed by atoms with Crippen LogP contribution in [0.25, 0.3) is 22.3 Å². The molecule has 27 heavy (non-hydrogen) atoms. The number of aromatic amines is 1. The third-order valence-corrected chi connectivity index (χ3v) is 4.85. The van der Waals surface area contributed by atoms with Gasteiger partial charge >= 0.3 is 11.8 Å². The van der Waals surface area contributed by atoms with Crippen LogP contribution in [0.5, 0.6) is 5.75 Å². The normalized spacial score (nSPS) is 14.2. The smallest absolute Gasteiger partial charge is 0.312 e. The van der Waals surface area contributed by atoms with Crippen LogP contribution in [0.2, 0.25) is 0 Å². The molecule has 8 nitrogen and oxygen atoms in total. The molecule has 0 saturated carbocycles. The average Bonchev–Trinajstić information content (AvgIpc) is 3.03. The van der Waals surface area contributed by atoms with Crippen molar-refractivity contribution in [1.82, 2.24) is 25.0 Å². The van der Waals surface area contributed by atoms with E-state index in [0.717, 1.165) is 10.9 Å². The summed E-state index contributed by atoms with van der Waals surface area (Å²) in [5.74, 6) is -0.726. The number of H-pyrrole nitrogens is 1. The van der Waals surface area contributed by atoms with Gasteiger partial charge in [0.2, 0.25) is 0 Å². The van der Waals surface area contributed by atoms with Crippen molar-refractivity contribution in [2.75, 3.05) is 27.2 Å². The number of likely N-dealkylation sites (tertiary alicyclic amines) is 1. The molecule has 0 atom stereocenters. The Morgan fingerprint density at radius 1 is 1.22 bits per heavy atom. The van der Waals surface area contributed by atoms with E-state index in [9.17, 15) is 14.7 Å². The molecule has 0 radical (unpaired) electrons. The van der Waals surface area contributed by atoms with Crippen molar-refractivity contribution in [2.24, 2.45) is 0 Å². The lowest BCUT2D eigenvalue weighted by atomic mass is 9.91. The molecule has 0 spiro atoms. The summed E-state index contributed by atoms with van der Waals surface area (Å²) >= 11 is 0. The first-order valence-electron chi connectivity index (χ1n) is 8.59. The molecule has 1 saturated heterocycles. The summed E-state index contributed by atoms with van der Waals surface area (Å²) in [4.78, 5) is 29.8. The minimum absolute atomic E-state index is 0.124. The fourth-order valence-electron chi connectivity index (χ4n) is 3.27. The number of amides is 2. The van der Waals surface area contributed by atoms with Gasteiger partial charge in [-0.3, -0.25) is 9.59 Å². The number of benzene rings is 1. The van der Waals surface area contributed by atoms with Crippen molar-refractivity contribution in [2.45, 2.75) is 5.92 Å².